The van der Waals surface area contributed by atoms with Crippen molar-refractivity contribution in [3.05, 3.63) is 101 Å². The second-order valence-electron chi connectivity index (χ2n) is 9.65. The van der Waals surface area contributed by atoms with Crippen molar-refractivity contribution in [2.24, 2.45) is 20.5 Å². The van der Waals surface area contributed by atoms with Crippen LogP contribution < -0.4 is 5.56 Å². The standard InChI is InChI=1S/C29H21N7O8S2/c1-16-25(29(38)36(35-16)20-8-10-21(11-9-20)46(40,41)42)33-31-19-7-12-22-18(14-19)15-24(45-44-43-39)27(28(22)37)34-32-23-6-2-4-17-5-3-13-30-26(17)23/h2-15,35,37,39H,1H3,(H,40,41,42). The van der Waals surface area contributed by atoms with E-state index in [1.54, 1.807) is 55.6 Å². The molecule has 6 aromatic rings. The minimum Gasteiger partial charge on any atom is -0.505 e. The lowest BCUT2D eigenvalue weighted by Gasteiger charge is -2.09. The molecule has 0 spiro atoms. The molecule has 17 heteroatoms. The summed E-state index contributed by atoms with van der Waals surface area (Å²) in [4.78, 5) is 17.4. The van der Waals surface area contributed by atoms with E-state index in [4.69, 9.17) is 5.26 Å². The highest BCUT2D eigenvalue weighted by molar-refractivity contribution is 7.94. The largest absolute Gasteiger partial charge is 0.505 e. The fourth-order valence-electron chi connectivity index (χ4n) is 4.60. The summed E-state index contributed by atoms with van der Waals surface area (Å²) in [7, 11) is -4.39. The van der Waals surface area contributed by atoms with Crippen molar-refractivity contribution >= 4 is 66.6 Å². The maximum atomic E-state index is 13.1. The Morgan fingerprint density at radius 1 is 0.913 bits per heavy atom. The molecule has 0 fully saturated rings. The van der Waals surface area contributed by atoms with E-state index < -0.39 is 15.7 Å². The van der Waals surface area contributed by atoms with Crippen LogP contribution in [0, 0.1) is 6.92 Å². The summed E-state index contributed by atoms with van der Waals surface area (Å²) in [6.07, 6.45) is 1.64. The third-order valence-electron chi connectivity index (χ3n) is 6.76. The number of azo groups is 2. The molecule has 0 atom stereocenters. The molecule has 4 N–H and O–H groups in total. The van der Waals surface area contributed by atoms with Gasteiger partial charge in [-0.1, -0.05) is 23.2 Å². The number of nitrogens with one attached hydrogen (secondary N) is 1. The number of aryl methyl sites for hydroxylation is 1. The summed E-state index contributed by atoms with van der Waals surface area (Å²) in [6, 6.07) is 20.5. The van der Waals surface area contributed by atoms with Gasteiger partial charge in [0.2, 0.25) is 0 Å². The van der Waals surface area contributed by atoms with Crippen molar-refractivity contribution in [3.8, 4) is 11.4 Å². The Morgan fingerprint density at radius 3 is 2.43 bits per heavy atom. The molecule has 0 aliphatic rings. The average molecular weight is 660 g/mol. The van der Waals surface area contributed by atoms with Gasteiger partial charge in [-0.2, -0.15) is 13.5 Å². The van der Waals surface area contributed by atoms with Gasteiger partial charge in [-0.25, -0.2) is 9.94 Å². The maximum absolute atomic E-state index is 13.1. The number of rotatable bonds is 9. The van der Waals surface area contributed by atoms with Crippen LogP contribution in [0.15, 0.2) is 120 Å². The molecule has 4 aromatic carbocycles. The number of phenolic OH excluding ortho intramolecular Hbond substituents is 1. The first kappa shape index (κ1) is 30.7. The van der Waals surface area contributed by atoms with Gasteiger partial charge in [-0.3, -0.25) is 19.4 Å². The summed E-state index contributed by atoms with van der Waals surface area (Å²) in [5, 5.41) is 45.2. The van der Waals surface area contributed by atoms with E-state index in [9.17, 15) is 22.9 Å². The van der Waals surface area contributed by atoms with Crippen LogP contribution in [0.4, 0.5) is 22.7 Å². The summed E-state index contributed by atoms with van der Waals surface area (Å²) < 4.78 is 37.7. The quantitative estimate of drug-likeness (QED) is 0.0397. The van der Waals surface area contributed by atoms with E-state index >= 15 is 0 Å². The van der Waals surface area contributed by atoms with Gasteiger partial charge in [-0.15, -0.1) is 19.7 Å². The summed E-state index contributed by atoms with van der Waals surface area (Å²) in [6.45, 7) is 1.62. The second-order valence-corrected chi connectivity index (χ2v) is 11.8. The van der Waals surface area contributed by atoms with Crippen LogP contribution in [-0.4, -0.2) is 38.1 Å². The molecule has 0 saturated carbocycles. The molecule has 2 heterocycles. The number of pyridine rings is 1. The molecule has 46 heavy (non-hydrogen) atoms. The molecule has 0 saturated heterocycles. The predicted octanol–water partition coefficient (Wildman–Crippen LogP) is 7.39. The first-order valence-corrected chi connectivity index (χ1v) is 15.3. The van der Waals surface area contributed by atoms with E-state index in [1.807, 2.05) is 12.1 Å². The number of fused-ring (bicyclic) bond motifs is 2. The Kier molecular flexibility index (Phi) is 8.41. The predicted molar refractivity (Wildman–Crippen MR) is 167 cm³/mol. The van der Waals surface area contributed by atoms with Crippen molar-refractivity contribution in [2.75, 3.05) is 0 Å². The SMILES string of the molecule is Cc1[nH]n(-c2ccc(S(=O)(=O)O)cc2)c(=O)c1N=Nc1ccc2c(O)c(N=Nc3cccc4cccnc34)c(SOOO)cc2c1. The number of aromatic hydroxyl groups is 1. The van der Waals surface area contributed by atoms with E-state index in [0.717, 1.165) is 22.2 Å². The van der Waals surface area contributed by atoms with Crippen molar-refractivity contribution in [2.45, 2.75) is 16.7 Å². The molecule has 0 bridgehead atoms. The third kappa shape index (κ3) is 6.13. The van der Waals surface area contributed by atoms with Gasteiger partial charge in [0.15, 0.2) is 11.4 Å². The lowest BCUT2D eigenvalue weighted by Crippen LogP contribution is -2.14. The monoisotopic (exact) mass is 659 g/mol. The molecule has 0 aliphatic heterocycles. The Bertz CT molecular complexity index is 2330. The van der Waals surface area contributed by atoms with Crippen LogP contribution in [0.3, 0.4) is 0 Å². The Labute approximate surface area is 263 Å². The molecule has 6 rings (SSSR count). The topological polar surface area (TPSA) is 213 Å². The zero-order valence-electron chi connectivity index (χ0n) is 23.5. The molecule has 0 amide bonds. The van der Waals surface area contributed by atoms with E-state index in [1.165, 1.54) is 12.1 Å². The summed E-state index contributed by atoms with van der Waals surface area (Å²) in [5.41, 5.74) is 1.63. The highest BCUT2D eigenvalue weighted by atomic mass is 32.2. The highest BCUT2D eigenvalue weighted by Crippen LogP contribution is 2.45. The second kappa shape index (κ2) is 12.6. The fourth-order valence-corrected chi connectivity index (χ4v) is 5.57. The summed E-state index contributed by atoms with van der Waals surface area (Å²) >= 11 is 0.586. The van der Waals surface area contributed by atoms with E-state index in [2.05, 4.69) is 39.9 Å². The number of para-hydroxylation sites is 1. The average Bonchev–Trinajstić information content (AvgIpc) is 3.34. The van der Waals surface area contributed by atoms with E-state index in [0.29, 0.717) is 51.1 Å². The van der Waals surface area contributed by atoms with E-state index in [-0.39, 0.29) is 26.9 Å². The van der Waals surface area contributed by atoms with Crippen LogP contribution in [0.2, 0.25) is 0 Å². The number of aromatic nitrogens is 3. The van der Waals surface area contributed by atoms with Gasteiger partial charge in [0, 0.05) is 17.0 Å². The fraction of sp³-hybridized carbons (Fsp3) is 0.0345. The molecular weight excluding hydrogens is 638 g/mol. The first-order chi connectivity index (χ1) is 22.1. The van der Waals surface area contributed by atoms with Crippen LogP contribution in [-0.2, 0) is 19.5 Å². The minimum absolute atomic E-state index is 0.00484. The van der Waals surface area contributed by atoms with Crippen molar-refractivity contribution in [1.29, 1.82) is 0 Å². The molecule has 15 nitrogen and oxygen atoms in total. The molecule has 0 unspecified atom stereocenters. The maximum Gasteiger partial charge on any atom is 0.299 e. The summed E-state index contributed by atoms with van der Waals surface area (Å²) in [5.74, 6) is -0.230. The van der Waals surface area contributed by atoms with Gasteiger partial charge >= 0.3 is 0 Å². The number of nitrogens with zero attached hydrogens (tertiary/aromatic N) is 6. The lowest BCUT2D eigenvalue weighted by molar-refractivity contribution is -0.432. The van der Waals surface area contributed by atoms with Crippen LogP contribution >= 0.6 is 12.0 Å². The van der Waals surface area contributed by atoms with Crippen molar-refractivity contribution in [3.63, 3.8) is 0 Å². The molecule has 2 aromatic heterocycles. The van der Waals surface area contributed by atoms with Crippen molar-refractivity contribution < 1.29 is 32.7 Å². The number of aromatic amines is 1. The zero-order valence-corrected chi connectivity index (χ0v) is 25.1. The van der Waals surface area contributed by atoms with Crippen molar-refractivity contribution in [1.82, 2.24) is 14.8 Å². The number of hydrogen-bond donors (Lipinski definition) is 4. The first-order valence-electron chi connectivity index (χ1n) is 13.2. The van der Waals surface area contributed by atoms with Gasteiger partial charge < -0.3 is 5.11 Å². The zero-order chi connectivity index (χ0) is 32.4. The third-order valence-corrected chi connectivity index (χ3v) is 8.24. The van der Waals surface area contributed by atoms with Gasteiger partial charge in [0.25, 0.3) is 15.7 Å². The normalized spacial score (nSPS) is 12.2. The Balaban J connectivity index is 1.33. The van der Waals surface area contributed by atoms with Gasteiger partial charge in [0.05, 0.1) is 44.4 Å². The number of hydrogen-bond acceptors (Lipinski definition) is 13. The highest BCUT2D eigenvalue weighted by Gasteiger charge is 2.17. The number of H-pyrrole nitrogens is 1. The molecular formula is C29H21N7O8S2. The smallest absolute Gasteiger partial charge is 0.299 e. The number of phenols is 1. The molecule has 0 aliphatic carbocycles. The number of benzene rings is 4. The molecule has 232 valence electrons. The lowest BCUT2D eigenvalue weighted by atomic mass is 10.1. The van der Waals surface area contributed by atoms with Gasteiger partial charge in [0.1, 0.15) is 11.4 Å². The minimum atomic E-state index is -4.39. The Hall–Kier alpha value is -5.30. The van der Waals surface area contributed by atoms with Crippen LogP contribution in [0.25, 0.3) is 27.4 Å². The Morgan fingerprint density at radius 2 is 1.67 bits per heavy atom. The van der Waals surface area contributed by atoms with Gasteiger partial charge in [-0.05, 0) is 73.0 Å². The van der Waals surface area contributed by atoms with Crippen LogP contribution in [0.5, 0.6) is 5.75 Å². The van der Waals surface area contributed by atoms with Crippen LogP contribution in [0.1, 0.15) is 5.69 Å². The molecule has 0 radical (unpaired) electrons.